The van der Waals surface area contributed by atoms with E-state index in [0.29, 0.717) is 6.04 Å². The van der Waals surface area contributed by atoms with Crippen molar-refractivity contribution >= 4 is 22.9 Å². The van der Waals surface area contributed by atoms with Crippen molar-refractivity contribution in [2.24, 2.45) is 0 Å². The molecule has 1 unspecified atom stereocenters. The van der Waals surface area contributed by atoms with Gasteiger partial charge < -0.3 is 5.32 Å². The molecule has 1 nitrogen and oxygen atoms in total. The van der Waals surface area contributed by atoms with Crippen LogP contribution in [-0.4, -0.2) is 6.54 Å². The van der Waals surface area contributed by atoms with E-state index in [2.05, 4.69) is 50.4 Å². The normalized spacial score (nSPS) is 12.6. The minimum atomic E-state index is 0.351. The molecular formula is C16H20ClNS. The third-order valence-electron chi connectivity index (χ3n) is 3.19. The van der Waals surface area contributed by atoms with Gasteiger partial charge in [-0.2, -0.15) is 0 Å². The van der Waals surface area contributed by atoms with Crippen LogP contribution in [0.1, 0.15) is 33.8 Å². The Hall–Kier alpha value is -0.830. The minimum absolute atomic E-state index is 0.351. The molecule has 2 aromatic rings. The van der Waals surface area contributed by atoms with E-state index in [4.69, 9.17) is 11.6 Å². The van der Waals surface area contributed by atoms with Gasteiger partial charge in [0.15, 0.2) is 0 Å². The summed E-state index contributed by atoms with van der Waals surface area (Å²) in [6, 6.07) is 11.1. The standard InChI is InChI=1S/C16H20ClNS/c1-4-18-15(16-8-6-12(3)19-16)10-13-7-5-11(2)9-14(13)17/h5-9,15,18H,4,10H2,1-3H3. The van der Waals surface area contributed by atoms with Crippen LogP contribution < -0.4 is 5.32 Å². The van der Waals surface area contributed by atoms with Crippen molar-refractivity contribution in [2.75, 3.05) is 6.54 Å². The van der Waals surface area contributed by atoms with E-state index in [0.717, 1.165) is 18.0 Å². The zero-order chi connectivity index (χ0) is 13.8. The summed E-state index contributed by atoms with van der Waals surface area (Å²) in [6.45, 7) is 7.32. The van der Waals surface area contributed by atoms with Crippen LogP contribution in [0.25, 0.3) is 0 Å². The van der Waals surface area contributed by atoms with E-state index in [9.17, 15) is 0 Å². The number of aryl methyl sites for hydroxylation is 2. The van der Waals surface area contributed by atoms with Crippen LogP contribution in [0.5, 0.6) is 0 Å². The van der Waals surface area contributed by atoms with Crippen molar-refractivity contribution in [1.29, 1.82) is 0 Å². The first-order chi connectivity index (χ1) is 9.10. The van der Waals surface area contributed by atoms with Gasteiger partial charge >= 0.3 is 0 Å². The minimum Gasteiger partial charge on any atom is -0.309 e. The third-order valence-corrected chi connectivity index (χ3v) is 4.65. The predicted octanol–water partition coefficient (Wildman–Crippen LogP) is 4.91. The summed E-state index contributed by atoms with van der Waals surface area (Å²) in [7, 11) is 0. The summed E-state index contributed by atoms with van der Waals surface area (Å²) in [5.41, 5.74) is 2.42. The molecule has 1 heterocycles. The maximum Gasteiger partial charge on any atom is 0.0456 e. The molecule has 1 aromatic carbocycles. The molecule has 102 valence electrons. The molecule has 0 spiro atoms. The second-order valence-corrected chi connectivity index (χ2v) is 6.58. The Kier molecular flexibility index (Phi) is 5.03. The summed E-state index contributed by atoms with van der Waals surface area (Å²) >= 11 is 8.20. The Balaban J connectivity index is 2.21. The summed E-state index contributed by atoms with van der Waals surface area (Å²) in [6.07, 6.45) is 0.937. The van der Waals surface area contributed by atoms with Crippen molar-refractivity contribution < 1.29 is 0 Å². The molecule has 0 fully saturated rings. The fourth-order valence-electron chi connectivity index (χ4n) is 2.20. The van der Waals surface area contributed by atoms with E-state index in [1.807, 2.05) is 17.4 Å². The van der Waals surface area contributed by atoms with Crippen LogP contribution in [0, 0.1) is 13.8 Å². The Labute approximate surface area is 124 Å². The third kappa shape index (κ3) is 3.82. The van der Waals surface area contributed by atoms with Crippen molar-refractivity contribution in [3.05, 3.63) is 56.2 Å². The molecule has 3 heteroatoms. The van der Waals surface area contributed by atoms with E-state index in [1.165, 1.54) is 20.9 Å². The Morgan fingerprint density at radius 3 is 2.58 bits per heavy atom. The summed E-state index contributed by atoms with van der Waals surface area (Å²) in [4.78, 5) is 2.74. The highest BCUT2D eigenvalue weighted by molar-refractivity contribution is 7.12. The largest absolute Gasteiger partial charge is 0.309 e. The van der Waals surface area contributed by atoms with Gasteiger partial charge in [0.2, 0.25) is 0 Å². The monoisotopic (exact) mass is 293 g/mol. The molecule has 19 heavy (non-hydrogen) atoms. The van der Waals surface area contributed by atoms with Crippen LogP contribution in [0.4, 0.5) is 0 Å². The first-order valence-electron chi connectivity index (χ1n) is 6.65. The molecule has 0 amide bonds. The SMILES string of the molecule is CCNC(Cc1ccc(C)cc1Cl)c1ccc(C)s1. The predicted molar refractivity (Wildman–Crippen MR) is 85.4 cm³/mol. The number of hydrogen-bond donors (Lipinski definition) is 1. The molecule has 0 saturated heterocycles. The number of rotatable bonds is 5. The van der Waals surface area contributed by atoms with Crippen LogP contribution in [0.3, 0.4) is 0 Å². The highest BCUT2D eigenvalue weighted by Crippen LogP contribution is 2.28. The molecule has 1 N–H and O–H groups in total. The number of thiophene rings is 1. The summed E-state index contributed by atoms with van der Waals surface area (Å²) in [5, 5.41) is 4.43. The topological polar surface area (TPSA) is 12.0 Å². The van der Waals surface area contributed by atoms with Crippen molar-refractivity contribution in [3.8, 4) is 0 Å². The van der Waals surface area contributed by atoms with Crippen molar-refractivity contribution in [1.82, 2.24) is 5.32 Å². The van der Waals surface area contributed by atoms with Crippen LogP contribution in [-0.2, 0) is 6.42 Å². The summed E-state index contributed by atoms with van der Waals surface area (Å²) in [5.74, 6) is 0. The lowest BCUT2D eigenvalue weighted by atomic mass is 10.0. The molecule has 2 rings (SSSR count). The molecule has 0 aliphatic heterocycles. The zero-order valence-corrected chi connectivity index (χ0v) is 13.2. The van der Waals surface area contributed by atoms with Crippen LogP contribution in [0.2, 0.25) is 5.02 Å². The number of benzene rings is 1. The Bertz CT molecular complexity index is 547. The lowest BCUT2D eigenvalue weighted by Crippen LogP contribution is -2.22. The van der Waals surface area contributed by atoms with E-state index < -0.39 is 0 Å². The Morgan fingerprint density at radius 1 is 1.21 bits per heavy atom. The molecule has 0 bridgehead atoms. The molecular weight excluding hydrogens is 274 g/mol. The fourth-order valence-corrected chi connectivity index (χ4v) is 3.46. The van der Waals surface area contributed by atoms with Gasteiger partial charge in [-0.1, -0.05) is 30.7 Å². The molecule has 1 atom stereocenters. The van der Waals surface area contributed by atoms with E-state index in [1.54, 1.807) is 0 Å². The number of likely N-dealkylation sites (N-methyl/N-ethyl adjacent to an activating group) is 1. The average molecular weight is 294 g/mol. The van der Waals surface area contributed by atoms with E-state index >= 15 is 0 Å². The quantitative estimate of drug-likeness (QED) is 0.826. The molecule has 0 aliphatic rings. The highest BCUT2D eigenvalue weighted by Gasteiger charge is 2.14. The Morgan fingerprint density at radius 2 is 2.00 bits per heavy atom. The van der Waals surface area contributed by atoms with Gasteiger partial charge in [-0.15, -0.1) is 11.3 Å². The lowest BCUT2D eigenvalue weighted by molar-refractivity contribution is 0.558. The first-order valence-corrected chi connectivity index (χ1v) is 7.84. The van der Waals surface area contributed by atoms with Crippen LogP contribution >= 0.6 is 22.9 Å². The lowest BCUT2D eigenvalue weighted by Gasteiger charge is -2.17. The van der Waals surface area contributed by atoms with Crippen LogP contribution in [0.15, 0.2) is 30.3 Å². The number of hydrogen-bond acceptors (Lipinski definition) is 2. The second kappa shape index (κ2) is 6.56. The molecule has 0 radical (unpaired) electrons. The van der Waals surface area contributed by atoms with Gasteiger partial charge in [-0.3, -0.25) is 0 Å². The second-order valence-electron chi connectivity index (χ2n) is 4.86. The average Bonchev–Trinajstić information content (AvgIpc) is 2.78. The fraction of sp³-hybridized carbons (Fsp3) is 0.375. The molecule has 0 aliphatic carbocycles. The summed E-state index contributed by atoms with van der Waals surface area (Å²) < 4.78 is 0. The number of halogens is 1. The number of nitrogens with one attached hydrogen (secondary N) is 1. The van der Waals surface area contributed by atoms with Gasteiger partial charge in [-0.05, 0) is 56.1 Å². The zero-order valence-electron chi connectivity index (χ0n) is 11.7. The highest BCUT2D eigenvalue weighted by atomic mass is 35.5. The molecule has 1 aromatic heterocycles. The van der Waals surface area contributed by atoms with Gasteiger partial charge in [-0.25, -0.2) is 0 Å². The van der Waals surface area contributed by atoms with Crippen molar-refractivity contribution in [2.45, 2.75) is 33.2 Å². The van der Waals surface area contributed by atoms with Gasteiger partial charge in [0, 0.05) is 20.8 Å². The van der Waals surface area contributed by atoms with Gasteiger partial charge in [0.1, 0.15) is 0 Å². The maximum atomic E-state index is 6.34. The smallest absolute Gasteiger partial charge is 0.0456 e. The van der Waals surface area contributed by atoms with Gasteiger partial charge in [0.05, 0.1) is 0 Å². The first kappa shape index (κ1) is 14.6. The van der Waals surface area contributed by atoms with E-state index in [-0.39, 0.29) is 0 Å². The molecule has 0 saturated carbocycles. The maximum absolute atomic E-state index is 6.34. The van der Waals surface area contributed by atoms with Crippen molar-refractivity contribution in [3.63, 3.8) is 0 Å². The van der Waals surface area contributed by atoms with Gasteiger partial charge in [0.25, 0.3) is 0 Å².